The van der Waals surface area contributed by atoms with Gasteiger partial charge in [-0.3, -0.25) is 0 Å². The Kier molecular flexibility index (Phi) is 5.99. The Labute approximate surface area is 172 Å². The van der Waals surface area contributed by atoms with E-state index in [0.717, 1.165) is 37.3 Å². The second kappa shape index (κ2) is 8.47. The molecule has 0 saturated carbocycles. The summed E-state index contributed by atoms with van der Waals surface area (Å²) in [6, 6.07) is 5.75. The highest BCUT2D eigenvalue weighted by molar-refractivity contribution is 6.33. The van der Waals surface area contributed by atoms with Crippen molar-refractivity contribution in [3.05, 3.63) is 23.2 Å². The monoisotopic (exact) mass is 407 g/mol. The normalized spacial score (nSPS) is 23.1. The molecule has 3 fully saturated rings. The SMILES string of the molecule is CC1(C2CCN(C(=O)Nc3ccc(N4CCCCC4)c(Cl)c3)CC2)OCCO1. The van der Waals surface area contributed by atoms with E-state index < -0.39 is 5.79 Å². The topological polar surface area (TPSA) is 54.0 Å². The summed E-state index contributed by atoms with van der Waals surface area (Å²) in [6.45, 7) is 6.85. The minimum Gasteiger partial charge on any atom is -0.370 e. The lowest BCUT2D eigenvalue weighted by Gasteiger charge is -2.39. The average Bonchev–Trinajstić information content (AvgIpc) is 3.17. The molecule has 0 atom stereocenters. The molecule has 4 rings (SSSR count). The van der Waals surface area contributed by atoms with Crippen molar-refractivity contribution in [2.45, 2.75) is 44.8 Å². The van der Waals surface area contributed by atoms with Gasteiger partial charge in [0.25, 0.3) is 0 Å². The van der Waals surface area contributed by atoms with E-state index in [9.17, 15) is 4.79 Å². The Hall–Kier alpha value is -1.50. The van der Waals surface area contributed by atoms with Gasteiger partial charge in [-0.15, -0.1) is 0 Å². The van der Waals surface area contributed by atoms with Crippen LogP contribution in [0.3, 0.4) is 0 Å². The highest BCUT2D eigenvalue weighted by Crippen LogP contribution is 2.35. The minimum absolute atomic E-state index is 0.0707. The van der Waals surface area contributed by atoms with Gasteiger partial charge in [-0.25, -0.2) is 4.79 Å². The zero-order chi connectivity index (χ0) is 19.6. The van der Waals surface area contributed by atoms with Crippen LogP contribution < -0.4 is 10.2 Å². The van der Waals surface area contributed by atoms with E-state index in [1.807, 2.05) is 30.0 Å². The molecule has 3 saturated heterocycles. The number of benzene rings is 1. The fourth-order valence-corrected chi connectivity index (χ4v) is 4.85. The zero-order valence-corrected chi connectivity index (χ0v) is 17.3. The van der Waals surface area contributed by atoms with Gasteiger partial charge in [0, 0.05) is 37.8 Å². The Balaban J connectivity index is 1.32. The first-order valence-electron chi connectivity index (χ1n) is 10.4. The van der Waals surface area contributed by atoms with Gasteiger partial charge in [0.05, 0.1) is 23.9 Å². The summed E-state index contributed by atoms with van der Waals surface area (Å²) in [5.74, 6) is -0.155. The molecule has 3 heterocycles. The van der Waals surface area contributed by atoms with Crippen LogP contribution in [0.1, 0.15) is 39.0 Å². The van der Waals surface area contributed by atoms with Crippen LogP contribution in [0, 0.1) is 5.92 Å². The van der Waals surface area contributed by atoms with Crippen LogP contribution in [0.25, 0.3) is 0 Å². The summed E-state index contributed by atoms with van der Waals surface area (Å²) in [7, 11) is 0. The highest BCUT2D eigenvalue weighted by Gasteiger charge is 2.41. The molecule has 0 aromatic heterocycles. The molecule has 0 unspecified atom stereocenters. The molecule has 1 aromatic carbocycles. The summed E-state index contributed by atoms with van der Waals surface area (Å²) in [6.07, 6.45) is 5.48. The maximum Gasteiger partial charge on any atom is 0.321 e. The maximum atomic E-state index is 12.7. The number of halogens is 1. The second-order valence-corrected chi connectivity index (χ2v) is 8.53. The van der Waals surface area contributed by atoms with E-state index in [1.54, 1.807) is 0 Å². The van der Waals surface area contributed by atoms with Gasteiger partial charge in [-0.05, 0) is 57.2 Å². The number of carbonyl (C=O) groups excluding carboxylic acids is 1. The number of piperidine rings is 2. The number of urea groups is 1. The number of hydrogen-bond acceptors (Lipinski definition) is 4. The number of amides is 2. The summed E-state index contributed by atoms with van der Waals surface area (Å²) < 4.78 is 11.6. The quantitative estimate of drug-likeness (QED) is 0.809. The lowest BCUT2D eigenvalue weighted by molar-refractivity contribution is -0.189. The molecule has 154 valence electrons. The standard InChI is InChI=1S/C21H30ClN3O3/c1-21(27-13-14-28-21)16-7-11-25(12-8-16)20(26)23-17-5-6-19(18(22)15-17)24-9-3-2-4-10-24/h5-6,15-16H,2-4,7-14H2,1H3,(H,23,26). The van der Waals surface area contributed by atoms with E-state index in [0.29, 0.717) is 37.2 Å². The van der Waals surface area contributed by atoms with Crippen LogP contribution >= 0.6 is 11.6 Å². The van der Waals surface area contributed by atoms with Crippen molar-refractivity contribution in [1.82, 2.24) is 4.90 Å². The molecule has 6 nitrogen and oxygen atoms in total. The van der Waals surface area contributed by atoms with Gasteiger partial charge in [-0.1, -0.05) is 11.6 Å². The summed E-state index contributed by atoms with van der Waals surface area (Å²) >= 11 is 6.50. The predicted octanol–water partition coefficient (Wildman–Crippen LogP) is 4.34. The van der Waals surface area contributed by atoms with Crippen molar-refractivity contribution in [2.75, 3.05) is 49.6 Å². The molecule has 0 spiro atoms. The van der Waals surface area contributed by atoms with Crippen molar-refractivity contribution in [1.29, 1.82) is 0 Å². The van der Waals surface area contributed by atoms with Crippen molar-refractivity contribution >= 4 is 29.0 Å². The number of nitrogens with one attached hydrogen (secondary N) is 1. The molecule has 1 N–H and O–H groups in total. The molecule has 3 aliphatic heterocycles. The number of hydrogen-bond donors (Lipinski definition) is 1. The molecule has 1 aromatic rings. The lowest BCUT2D eigenvalue weighted by Crippen LogP contribution is -2.47. The molecule has 3 aliphatic rings. The van der Waals surface area contributed by atoms with E-state index in [1.165, 1.54) is 19.3 Å². The summed E-state index contributed by atoms with van der Waals surface area (Å²) in [4.78, 5) is 16.9. The maximum absolute atomic E-state index is 12.7. The number of carbonyl (C=O) groups is 1. The molecular formula is C21H30ClN3O3. The largest absolute Gasteiger partial charge is 0.370 e. The fraction of sp³-hybridized carbons (Fsp3) is 0.667. The van der Waals surface area contributed by atoms with Gasteiger partial charge in [-0.2, -0.15) is 0 Å². The molecule has 0 aliphatic carbocycles. The average molecular weight is 408 g/mol. The number of ether oxygens (including phenoxy) is 2. The third-order valence-electron chi connectivity index (χ3n) is 6.28. The summed E-state index contributed by atoms with van der Waals surface area (Å²) in [5.41, 5.74) is 1.80. The van der Waals surface area contributed by atoms with E-state index in [4.69, 9.17) is 21.1 Å². The van der Waals surface area contributed by atoms with Gasteiger partial charge >= 0.3 is 6.03 Å². The van der Waals surface area contributed by atoms with Crippen molar-refractivity contribution in [2.24, 2.45) is 5.92 Å². The van der Waals surface area contributed by atoms with Crippen molar-refractivity contribution < 1.29 is 14.3 Å². The van der Waals surface area contributed by atoms with E-state index in [-0.39, 0.29) is 6.03 Å². The molecule has 28 heavy (non-hydrogen) atoms. The molecule has 0 radical (unpaired) electrons. The van der Waals surface area contributed by atoms with Gasteiger partial charge in [0.2, 0.25) is 0 Å². The molecular weight excluding hydrogens is 378 g/mol. The number of rotatable bonds is 3. The number of anilines is 2. The molecule has 0 bridgehead atoms. The number of nitrogens with zero attached hydrogens (tertiary/aromatic N) is 2. The Morgan fingerprint density at radius 1 is 1.11 bits per heavy atom. The van der Waals surface area contributed by atoms with Crippen LogP contribution in [0.4, 0.5) is 16.2 Å². The predicted molar refractivity (Wildman–Crippen MR) is 111 cm³/mol. The first-order chi connectivity index (χ1) is 13.5. The molecule has 7 heteroatoms. The number of likely N-dealkylation sites (tertiary alicyclic amines) is 1. The van der Waals surface area contributed by atoms with Gasteiger partial charge in [0.15, 0.2) is 5.79 Å². The second-order valence-electron chi connectivity index (χ2n) is 8.12. The minimum atomic E-state index is -0.486. The lowest BCUT2D eigenvalue weighted by atomic mass is 9.89. The zero-order valence-electron chi connectivity index (χ0n) is 16.6. The highest BCUT2D eigenvalue weighted by atomic mass is 35.5. The first kappa shape index (κ1) is 19.8. The van der Waals surface area contributed by atoms with Crippen molar-refractivity contribution in [3.8, 4) is 0 Å². The van der Waals surface area contributed by atoms with Crippen LogP contribution in [-0.4, -0.2) is 56.1 Å². The molecule has 2 amide bonds. The fourth-order valence-electron chi connectivity index (χ4n) is 4.55. The van der Waals surface area contributed by atoms with Crippen LogP contribution in [-0.2, 0) is 9.47 Å². The Morgan fingerprint density at radius 2 is 1.79 bits per heavy atom. The Bertz CT molecular complexity index is 694. The smallest absolute Gasteiger partial charge is 0.321 e. The van der Waals surface area contributed by atoms with E-state index >= 15 is 0 Å². The van der Waals surface area contributed by atoms with Crippen LogP contribution in [0.15, 0.2) is 18.2 Å². The first-order valence-corrected chi connectivity index (χ1v) is 10.8. The Morgan fingerprint density at radius 3 is 2.43 bits per heavy atom. The van der Waals surface area contributed by atoms with E-state index in [2.05, 4.69) is 10.2 Å². The van der Waals surface area contributed by atoms with Crippen LogP contribution in [0.5, 0.6) is 0 Å². The van der Waals surface area contributed by atoms with Gasteiger partial charge in [0.1, 0.15) is 0 Å². The third-order valence-corrected chi connectivity index (χ3v) is 6.58. The van der Waals surface area contributed by atoms with Gasteiger partial charge < -0.3 is 24.6 Å². The summed E-state index contributed by atoms with van der Waals surface area (Å²) in [5, 5.41) is 3.69. The van der Waals surface area contributed by atoms with Crippen LogP contribution in [0.2, 0.25) is 5.02 Å². The third kappa shape index (κ3) is 4.24. The van der Waals surface area contributed by atoms with Crippen molar-refractivity contribution in [3.63, 3.8) is 0 Å².